The van der Waals surface area contributed by atoms with Gasteiger partial charge in [-0.1, -0.05) is 24.3 Å². The predicted octanol–water partition coefficient (Wildman–Crippen LogP) is 4.07. The topological polar surface area (TPSA) is 46.5 Å². The van der Waals surface area contributed by atoms with Gasteiger partial charge in [-0.15, -0.1) is 0 Å². The molecule has 0 amide bonds. The van der Waals surface area contributed by atoms with Crippen LogP contribution in [0.2, 0.25) is 0 Å². The van der Waals surface area contributed by atoms with Crippen molar-refractivity contribution in [3.05, 3.63) is 59.2 Å². The third kappa shape index (κ3) is 1.53. The summed E-state index contributed by atoms with van der Waals surface area (Å²) in [6.45, 7) is 1.87. The van der Waals surface area contributed by atoms with Crippen molar-refractivity contribution < 1.29 is 14.6 Å². The summed E-state index contributed by atoms with van der Waals surface area (Å²) in [6.07, 6.45) is 0. The molecule has 0 spiro atoms. The Morgan fingerprint density at radius 1 is 1.00 bits per heavy atom. The van der Waals surface area contributed by atoms with Crippen LogP contribution in [0.5, 0.6) is 11.5 Å². The van der Waals surface area contributed by atoms with E-state index in [9.17, 15) is 9.90 Å². The van der Waals surface area contributed by atoms with E-state index in [0.717, 1.165) is 16.3 Å². The highest BCUT2D eigenvalue weighted by molar-refractivity contribution is 6.26. The number of methoxy groups -OCH3 is 1. The summed E-state index contributed by atoms with van der Waals surface area (Å²) in [6, 6.07) is 13.2. The maximum atomic E-state index is 12.7. The fraction of sp³-hybridized carbons (Fsp3) is 0.105. The molecule has 0 saturated heterocycles. The van der Waals surface area contributed by atoms with Gasteiger partial charge in [-0.05, 0) is 36.1 Å². The molecule has 0 fully saturated rings. The summed E-state index contributed by atoms with van der Waals surface area (Å²) in [5.74, 6) is 0.697. The smallest absolute Gasteiger partial charge is 0.194 e. The number of hydrogen-bond donors (Lipinski definition) is 1. The molecule has 4 rings (SSSR count). The molecule has 1 aliphatic rings. The number of carbonyl (C=O) groups excluding carboxylic acids is 1. The summed E-state index contributed by atoms with van der Waals surface area (Å²) < 4.78 is 5.60. The van der Waals surface area contributed by atoms with Crippen molar-refractivity contribution in [1.82, 2.24) is 0 Å². The first kappa shape index (κ1) is 12.9. The molecule has 22 heavy (non-hydrogen) atoms. The van der Waals surface area contributed by atoms with Crippen LogP contribution in [0.1, 0.15) is 21.5 Å². The zero-order valence-electron chi connectivity index (χ0n) is 12.3. The first-order chi connectivity index (χ1) is 10.6. The highest BCUT2D eigenvalue weighted by Gasteiger charge is 2.33. The molecule has 0 unspecified atom stereocenters. The zero-order chi connectivity index (χ0) is 15.4. The SMILES string of the molecule is COc1c2c(cc3ccccc13)C(=O)c1cc(C)cc(O)c1-2. The maximum Gasteiger partial charge on any atom is 0.194 e. The first-order valence-electron chi connectivity index (χ1n) is 7.10. The summed E-state index contributed by atoms with van der Waals surface area (Å²) >= 11 is 0. The Bertz CT molecular complexity index is 955. The van der Waals surface area contributed by atoms with Crippen LogP contribution in [0.4, 0.5) is 0 Å². The minimum absolute atomic E-state index is 0.0620. The van der Waals surface area contributed by atoms with E-state index < -0.39 is 0 Å². The summed E-state index contributed by atoms with van der Waals surface area (Å²) in [4.78, 5) is 12.7. The van der Waals surface area contributed by atoms with Crippen LogP contribution in [0.15, 0.2) is 42.5 Å². The first-order valence-corrected chi connectivity index (χ1v) is 7.10. The van der Waals surface area contributed by atoms with Crippen molar-refractivity contribution in [3.8, 4) is 22.6 Å². The lowest BCUT2D eigenvalue weighted by Crippen LogP contribution is -1.96. The van der Waals surface area contributed by atoms with Gasteiger partial charge in [0.25, 0.3) is 0 Å². The van der Waals surface area contributed by atoms with Crippen molar-refractivity contribution in [3.63, 3.8) is 0 Å². The predicted molar refractivity (Wildman–Crippen MR) is 85.8 cm³/mol. The monoisotopic (exact) mass is 290 g/mol. The molecule has 0 aromatic heterocycles. The van der Waals surface area contributed by atoms with Crippen molar-refractivity contribution in [2.45, 2.75) is 6.92 Å². The van der Waals surface area contributed by atoms with Gasteiger partial charge >= 0.3 is 0 Å². The Balaban J connectivity index is 2.20. The lowest BCUT2D eigenvalue weighted by atomic mass is 9.98. The van der Waals surface area contributed by atoms with E-state index in [4.69, 9.17) is 4.74 Å². The molecule has 1 N–H and O–H groups in total. The minimum Gasteiger partial charge on any atom is -0.507 e. The largest absolute Gasteiger partial charge is 0.507 e. The van der Waals surface area contributed by atoms with E-state index in [1.807, 2.05) is 43.3 Å². The lowest BCUT2D eigenvalue weighted by Gasteiger charge is -2.12. The standard InChI is InChI=1S/C19H14O3/c1-10-7-13-16(15(20)8-10)17-14(18(13)21)9-11-5-3-4-6-12(11)19(17)22-2/h3-9,20H,1-2H3. The number of carbonyl (C=O) groups is 1. The number of fused-ring (bicyclic) bond motifs is 4. The second-order valence-electron chi connectivity index (χ2n) is 5.59. The molecule has 0 radical (unpaired) electrons. The summed E-state index contributed by atoms with van der Waals surface area (Å²) in [5, 5.41) is 12.2. The van der Waals surface area contributed by atoms with Crippen LogP contribution in [0.25, 0.3) is 21.9 Å². The van der Waals surface area contributed by atoms with Gasteiger partial charge in [-0.25, -0.2) is 0 Å². The van der Waals surface area contributed by atoms with Crippen LogP contribution in [-0.2, 0) is 0 Å². The maximum absolute atomic E-state index is 12.7. The normalized spacial score (nSPS) is 12.4. The molecule has 0 atom stereocenters. The highest BCUT2D eigenvalue weighted by Crippen LogP contribution is 2.50. The fourth-order valence-corrected chi connectivity index (χ4v) is 3.31. The summed E-state index contributed by atoms with van der Waals surface area (Å²) in [7, 11) is 1.59. The van der Waals surface area contributed by atoms with E-state index in [-0.39, 0.29) is 11.5 Å². The van der Waals surface area contributed by atoms with Gasteiger partial charge < -0.3 is 9.84 Å². The molecule has 3 heteroatoms. The van der Waals surface area contributed by atoms with E-state index in [1.165, 1.54) is 0 Å². The second-order valence-corrected chi connectivity index (χ2v) is 5.59. The van der Waals surface area contributed by atoms with Gasteiger partial charge in [-0.2, -0.15) is 0 Å². The molecule has 0 heterocycles. The minimum atomic E-state index is -0.0620. The third-order valence-electron chi connectivity index (χ3n) is 4.21. The van der Waals surface area contributed by atoms with E-state index in [1.54, 1.807) is 13.2 Å². The van der Waals surface area contributed by atoms with Crippen LogP contribution in [0.3, 0.4) is 0 Å². The molecular weight excluding hydrogens is 276 g/mol. The van der Waals surface area contributed by atoms with E-state index in [0.29, 0.717) is 28.0 Å². The van der Waals surface area contributed by atoms with Gasteiger partial charge in [0, 0.05) is 27.6 Å². The number of aryl methyl sites for hydroxylation is 1. The average Bonchev–Trinajstić information content (AvgIpc) is 2.78. The Labute approximate surface area is 127 Å². The number of hydrogen-bond acceptors (Lipinski definition) is 3. The Hall–Kier alpha value is -2.81. The van der Waals surface area contributed by atoms with Crippen LogP contribution < -0.4 is 4.74 Å². The quantitative estimate of drug-likeness (QED) is 0.574. The van der Waals surface area contributed by atoms with Crippen molar-refractivity contribution >= 4 is 16.6 Å². The average molecular weight is 290 g/mol. The van der Waals surface area contributed by atoms with Gasteiger partial charge in [0.1, 0.15) is 11.5 Å². The van der Waals surface area contributed by atoms with Crippen LogP contribution >= 0.6 is 0 Å². The Morgan fingerprint density at radius 2 is 1.73 bits per heavy atom. The van der Waals surface area contributed by atoms with Gasteiger partial charge in [0.2, 0.25) is 0 Å². The van der Waals surface area contributed by atoms with Gasteiger partial charge in [0.05, 0.1) is 7.11 Å². The lowest BCUT2D eigenvalue weighted by molar-refractivity contribution is 0.104. The van der Waals surface area contributed by atoms with Crippen molar-refractivity contribution in [1.29, 1.82) is 0 Å². The molecule has 3 aromatic rings. The molecule has 3 aromatic carbocycles. The van der Waals surface area contributed by atoms with Crippen molar-refractivity contribution in [2.24, 2.45) is 0 Å². The molecule has 0 bridgehead atoms. The van der Waals surface area contributed by atoms with Gasteiger partial charge in [-0.3, -0.25) is 4.79 Å². The number of benzene rings is 3. The number of rotatable bonds is 1. The van der Waals surface area contributed by atoms with Crippen molar-refractivity contribution in [2.75, 3.05) is 7.11 Å². The van der Waals surface area contributed by atoms with E-state index >= 15 is 0 Å². The number of aromatic hydroxyl groups is 1. The molecular formula is C19H14O3. The highest BCUT2D eigenvalue weighted by atomic mass is 16.5. The van der Waals surface area contributed by atoms with E-state index in [2.05, 4.69) is 0 Å². The Kier molecular flexibility index (Phi) is 2.54. The molecule has 0 aliphatic heterocycles. The number of phenolic OH excluding ortho intramolecular Hbond substituents is 1. The fourth-order valence-electron chi connectivity index (χ4n) is 3.31. The number of ether oxygens (including phenoxy) is 1. The molecule has 1 aliphatic carbocycles. The molecule has 0 saturated carbocycles. The second kappa shape index (κ2) is 4.34. The third-order valence-corrected chi connectivity index (χ3v) is 4.21. The number of ketones is 1. The molecule has 108 valence electrons. The van der Waals surface area contributed by atoms with Crippen LogP contribution in [0, 0.1) is 6.92 Å². The summed E-state index contributed by atoms with van der Waals surface area (Å²) in [5.41, 5.74) is 3.26. The number of phenols is 1. The van der Waals surface area contributed by atoms with Crippen LogP contribution in [-0.4, -0.2) is 18.0 Å². The van der Waals surface area contributed by atoms with Gasteiger partial charge in [0.15, 0.2) is 5.78 Å². The Morgan fingerprint density at radius 3 is 2.50 bits per heavy atom. The molecule has 3 nitrogen and oxygen atoms in total. The zero-order valence-corrected chi connectivity index (χ0v) is 12.3.